The zero-order chi connectivity index (χ0) is 13.1. The smallest absolute Gasteiger partial charge is 0.131 e. The molecule has 1 aromatic carbocycles. The summed E-state index contributed by atoms with van der Waals surface area (Å²) in [5.74, 6) is 0.699. The Kier molecular flexibility index (Phi) is 4.43. The minimum absolute atomic E-state index is 0.216. The molecule has 18 heavy (non-hydrogen) atoms. The zero-order valence-electron chi connectivity index (χ0n) is 10.4. The molecule has 0 amide bonds. The molecule has 1 fully saturated rings. The highest BCUT2D eigenvalue weighted by molar-refractivity contribution is 7.80. The molecule has 2 N–H and O–H groups in total. The van der Waals surface area contributed by atoms with Crippen molar-refractivity contribution in [3.8, 4) is 5.75 Å². The molecule has 1 aromatic rings. The van der Waals surface area contributed by atoms with Crippen LogP contribution in [0.5, 0.6) is 5.75 Å². The number of nitrogens with zero attached hydrogens (tertiary/aromatic N) is 1. The van der Waals surface area contributed by atoms with Crippen LogP contribution < -0.4 is 10.5 Å². The van der Waals surface area contributed by atoms with Gasteiger partial charge in [-0.15, -0.1) is 0 Å². The summed E-state index contributed by atoms with van der Waals surface area (Å²) in [6.07, 6.45) is 2.24. The molecule has 0 radical (unpaired) electrons. The molecule has 0 atom stereocenters. The fourth-order valence-corrected chi connectivity index (χ4v) is 2.66. The Bertz CT molecular complexity index is 445. The second kappa shape index (κ2) is 5.87. The minimum Gasteiger partial charge on any atom is -0.490 e. The van der Waals surface area contributed by atoms with Crippen LogP contribution in [0.4, 0.5) is 0 Å². The summed E-state index contributed by atoms with van der Waals surface area (Å²) < 4.78 is 6.00. The van der Waals surface area contributed by atoms with E-state index in [9.17, 15) is 0 Å². The fourth-order valence-electron chi connectivity index (χ4n) is 2.12. The molecule has 0 unspecified atom stereocenters. The Morgan fingerprint density at radius 1 is 1.44 bits per heavy atom. The summed E-state index contributed by atoms with van der Waals surface area (Å²) in [5, 5.41) is 0.549. The summed E-state index contributed by atoms with van der Waals surface area (Å²) in [4.78, 5) is 2.58. The lowest BCUT2D eigenvalue weighted by Gasteiger charge is -2.30. The number of hydrogen-bond acceptors (Lipinski definition) is 3. The maximum atomic E-state index is 6.11. The molecular formula is C13H17ClN2OS. The Hall–Kier alpha value is -0.840. The normalized spacial score (nSPS) is 17.7. The molecule has 3 nitrogen and oxygen atoms in total. The maximum Gasteiger partial charge on any atom is 0.131 e. The van der Waals surface area contributed by atoms with Crippen molar-refractivity contribution in [2.75, 3.05) is 20.1 Å². The number of benzene rings is 1. The van der Waals surface area contributed by atoms with Gasteiger partial charge in [0, 0.05) is 13.1 Å². The van der Waals surface area contributed by atoms with Gasteiger partial charge in [-0.3, -0.25) is 0 Å². The van der Waals surface area contributed by atoms with Gasteiger partial charge in [-0.2, -0.15) is 0 Å². The number of halogens is 1. The van der Waals surface area contributed by atoms with E-state index in [4.69, 9.17) is 34.3 Å². The van der Waals surface area contributed by atoms with Crippen molar-refractivity contribution < 1.29 is 4.74 Å². The molecule has 2 rings (SSSR count). The Balaban J connectivity index is 2.14. The van der Waals surface area contributed by atoms with Crippen LogP contribution >= 0.6 is 23.8 Å². The number of likely N-dealkylation sites (tertiary alicyclic amines) is 1. The summed E-state index contributed by atoms with van der Waals surface area (Å²) in [6, 6.07) is 5.50. The van der Waals surface area contributed by atoms with E-state index in [1.54, 1.807) is 6.07 Å². The average Bonchev–Trinajstić information content (AvgIpc) is 2.32. The standard InChI is InChI=1S/C13H17ClN2OS/c1-16-7-5-9(6-8-16)17-11-4-2-3-10(14)12(11)13(15)18/h2-4,9H,5-8H2,1H3,(H2,15,18). The number of rotatable bonds is 3. The first-order chi connectivity index (χ1) is 8.58. The van der Waals surface area contributed by atoms with Crippen molar-refractivity contribution in [1.82, 2.24) is 4.90 Å². The number of piperidine rings is 1. The lowest BCUT2D eigenvalue weighted by molar-refractivity contribution is 0.114. The average molecular weight is 285 g/mol. The molecule has 0 aliphatic carbocycles. The van der Waals surface area contributed by atoms with Gasteiger partial charge in [-0.05, 0) is 32.0 Å². The monoisotopic (exact) mass is 284 g/mol. The molecular weight excluding hydrogens is 268 g/mol. The van der Waals surface area contributed by atoms with Gasteiger partial charge in [0.15, 0.2) is 0 Å². The first-order valence-corrected chi connectivity index (χ1v) is 6.80. The van der Waals surface area contributed by atoms with Crippen molar-refractivity contribution in [2.45, 2.75) is 18.9 Å². The molecule has 0 spiro atoms. The lowest BCUT2D eigenvalue weighted by Crippen LogP contribution is -2.36. The van der Waals surface area contributed by atoms with Gasteiger partial charge >= 0.3 is 0 Å². The van der Waals surface area contributed by atoms with E-state index in [-0.39, 0.29) is 11.1 Å². The molecule has 0 saturated carbocycles. The van der Waals surface area contributed by atoms with Crippen molar-refractivity contribution in [3.63, 3.8) is 0 Å². The van der Waals surface area contributed by atoms with Crippen molar-refractivity contribution >= 4 is 28.8 Å². The third kappa shape index (κ3) is 3.13. The second-order valence-electron chi connectivity index (χ2n) is 4.60. The van der Waals surface area contributed by atoms with Crippen molar-refractivity contribution in [1.29, 1.82) is 0 Å². The summed E-state index contributed by atoms with van der Waals surface area (Å²) >= 11 is 11.1. The number of nitrogens with two attached hydrogens (primary N) is 1. The maximum absolute atomic E-state index is 6.11. The van der Waals surface area contributed by atoms with Gasteiger partial charge in [0.25, 0.3) is 0 Å². The Morgan fingerprint density at radius 2 is 2.11 bits per heavy atom. The van der Waals surface area contributed by atoms with Gasteiger partial charge in [-0.1, -0.05) is 29.9 Å². The quantitative estimate of drug-likeness (QED) is 0.866. The highest BCUT2D eigenvalue weighted by Crippen LogP contribution is 2.28. The first-order valence-electron chi connectivity index (χ1n) is 6.01. The van der Waals surface area contributed by atoms with Gasteiger partial charge < -0.3 is 15.4 Å². The molecule has 1 aliphatic heterocycles. The van der Waals surface area contributed by atoms with E-state index in [2.05, 4.69) is 11.9 Å². The zero-order valence-corrected chi connectivity index (χ0v) is 11.9. The fraction of sp³-hybridized carbons (Fsp3) is 0.462. The van der Waals surface area contributed by atoms with Crippen LogP contribution in [0.1, 0.15) is 18.4 Å². The number of ether oxygens (including phenoxy) is 1. The molecule has 1 aliphatic rings. The van der Waals surface area contributed by atoms with Gasteiger partial charge in [-0.25, -0.2) is 0 Å². The number of thiocarbonyl (C=S) groups is 1. The largest absolute Gasteiger partial charge is 0.490 e. The minimum atomic E-state index is 0.216. The van der Waals surface area contributed by atoms with E-state index >= 15 is 0 Å². The summed E-state index contributed by atoms with van der Waals surface area (Å²) in [6.45, 7) is 2.10. The SMILES string of the molecule is CN1CCC(Oc2cccc(Cl)c2C(N)=S)CC1. The second-order valence-corrected chi connectivity index (χ2v) is 5.44. The summed E-state index contributed by atoms with van der Waals surface area (Å²) in [7, 11) is 2.12. The van der Waals surface area contributed by atoms with Crippen LogP contribution in [0.3, 0.4) is 0 Å². The van der Waals surface area contributed by atoms with Crippen LogP contribution in [0.15, 0.2) is 18.2 Å². The van der Waals surface area contributed by atoms with Crippen LogP contribution in [0.25, 0.3) is 0 Å². The number of hydrogen-bond donors (Lipinski definition) is 1. The van der Waals surface area contributed by atoms with Crippen molar-refractivity contribution in [3.05, 3.63) is 28.8 Å². The third-order valence-corrected chi connectivity index (χ3v) is 3.70. The van der Waals surface area contributed by atoms with E-state index in [0.717, 1.165) is 25.9 Å². The van der Waals surface area contributed by atoms with Gasteiger partial charge in [0.1, 0.15) is 16.8 Å². The van der Waals surface area contributed by atoms with Crippen LogP contribution in [0.2, 0.25) is 5.02 Å². The predicted molar refractivity (Wildman–Crippen MR) is 78.5 cm³/mol. The Labute approximate surface area is 118 Å². The van der Waals surface area contributed by atoms with E-state index in [1.807, 2.05) is 12.1 Å². The van der Waals surface area contributed by atoms with Gasteiger partial charge in [0.2, 0.25) is 0 Å². The van der Waals surface area contributed by atoms with Crippen LogP contribution in [0, 0.1) is 0 Å². The molecule has 1 saturated heterocycles. The molecule has 98 valence electrons. The van der Waals surface area contributed by atoms with Crippen molar-refractivity contribution in [2.24, 2.45) is 5.73 Å². The highest BCUT2D eigenvalue weighted by Gasteiger charge is 2.20. The Morgan fingerprint density at radius 3 is 2.72 bits per heavy atom. The van der Waals surface area contributed by atoms with Crippen LogP contribution in [-0.2, 0) is 0 Å². The topological polar surface area (TPSA) is 38.5 Å². The highest BCUT2D eigenvalue weighted by atomic mass is 35.5. The molecule has 0 bridgehead atoms. The lowest BCUT2D eigenvalue weighted by atomic mass is 10.1. The molecule has 1 heterocycles. The van der Waals surface area contributed by atoms with Gasteiger partial charge in [0.05, 0.1) is 10.6 Å². The molecule has 5 heteroatoms. The third-order valence-electron chi connectivity index (χ3n) is 3.18. The first kappa shape index (κ1) is 13.6. The van der Waals surface area contributed by atoms with E-state index in [0.29, 0.717) is 16.3 Å². The van der Waals surface area contributed by atoms with E-state index < -0.39 is 0 Å². The molecule has 0 aromatic heterocycles. The predicted octanol–water partition coefficient (Wildman–Crippen LogP) is 2.45. The van der Waals surface area contributed by atoms with E-state index in [1.165, 1.54) is 0 Å². The van der Waals surface area contributed by atoms with Crippen LogP contribution in [-0.4, -0.2) is 36.1 Å². The summed E-state index contributed by atoms with van der Waals surface area (Å²) in [5.41, 5.74) is 6.35.